The van der Waals surface area contributed by atoms with Crippen molar-refractivity contribution in [2.75, 3.05) is 12.4 Å². The van der Waals surface area contributed by atoms with Crippen molar-refractivity contribution in [2.45, 2.75) is 32.2 Å². The predicted molar refractivity (Wildman–Crippen MR) is 86.9 cm³/mol. The van der Waals surface area contributed by atoms with Crippen molar-refractivity contribution in [1.82, 2.24) is 4.90 Å². The topological polar surface area (TPSA) is 92.9 Å². The molecule has 0 aliphatic carbocycles. The van der Waals surface area contributed by atoms with Gasteiger partial charge in [-0.1, -0.05) is 37.3 Å². The van der Waals surface area contributed by atoms with Gasteiger partial charge in [0.15, 0.2) is 5.78 Å². The number of hydrogen-bond donors (Lipinski definition) is 2. The van der Waals surface area contributed by atoms with Crippen molar-refractivity contribution in [3.8, 4) is 0 Å². The molecule has 3 N–H and O–H groups in total. The summed E-state index contributed by atoms with van der Waals surface area (Å²) >= 11 is 5.69. The summed E-state index contributed by atoms with van der Waals surface area (Å²) in [7, 11) is -4.17. The first kappa shape index (κ1) is 19.0. The molecule has 0 aliphatic rings. The van der Waals surface area contributed by atoms with Gasteiger partial charge in [-0.05, 0) is 18.9 Å². The molecule has 0 fully saturated rings. The molecule has 0 aromatic heterocycles. The molecule has 1 aromatic carbocycles. The first-order valence-electron chi connectivity index (χ1n) is 7.01. The summed E-state index contributed by atoms with van der Waals surface area (Å²) in [5.74, 6) is -1.09. The first-order chi connectivity index (χ1) is 10.3. The number of carbonyl (C=O) groups excluding carboxylic acids is 1. The molecule has 0 saturated carbocycles. The number of nitrogens with two attached hydrogens (primary N) is 1. The maximum Gasteiger partial charge on any atom is 0.355 e. The summed E-state index contributed by atoms with van der Waals surface area (Å²) in [5.41, 5.74) is 5.83. The molecular weight excluding hydrogens is 327 g/mol. The maximum absolute atomic E-state index is 12.7. The highest BCUT2D eigenvalue weighted by Gasteiger charge is 2.41. The lowest BCUT2D eigenvalue weighted by Gasteiger charge is -2.33. The monoisotopic (exact) mass is 348 g/mol. The first-order valence-corrected chi connectivity index (χ1v) is 9.19. The lowest BCUT2D eigenvalue weighted by Crippen LogP contribution is -2.40. The standard InChI is InChI=1S/C14H22ClN2O4P/c1-3-11(2)21-22(19,20)13(12-7-5-4-6-8-12)17(10-9-15)14(16)18/h4-8,11,13H,3,9-10H2,1-2H3,(H2,16,18)(H,19,20). The highest BCUT2D eigenvalue weighted by Crippen LogP contribution is 2.58. The molecule has 3 unspecified atom stereocenters. The van der Waals surface area contributed by atoms with Crippen LogP contribution in [0, 0.1) is 0 Å². The minimum Gasteiger partial charge on any atom is -0.351 e. The van der Waals surface area contributed by atoms with Crippen molar-refractivity contribution in [3.05, 3.63) is 35.9 Å². The Balaban J connectivity index is 3.27. The average molecular weight is 349 g/mol. The zero-order valence-electron chi connectivity index (χ0n) is 12.7. The average Bonchev–Trinajstić information content (AvgIpc) is 2.46. The van der Waals surface area contributed by atoms with Crippen LogP contribution < -0.4 is 5.73 Å². The van der Waals surface area contributed by atoms with E-state index in [1.54, 1.807) is 37.3 Å². The number of amides is 2. The van der Waals surface area contributed by atoms with E-state index in [2.05, 4.69) is 0 Å². The van der Waals surface area contributed by atoms with Gasteiger partial charge in [0.1, 0.15) is 0 Å². The molecule has 2 amide bonds. The quantitative estimate of drug-likeness (QED) is 0.556. The zero-order chi connectivity index (χ0) is 16.8. The van der Waals surface area contributed by atoms with Gasteiger partial charge >= 0.3 is 13.6 Å². The minimum atomic E-state index is -4.17. The van der Waals surface area contributed by atoms with E-state index >= 15 is 0 Å². The van der Waals surface area contributed by atoms with Gasteiger partial charge in [0.05, 0.1) is 6.10 Å². The SMILES string of the molecule is CCC(C)OP(=O)(O)C(c1ccccc1)N(CCCl)C(N)=O. The van der Waals surface area contributed by atoms with Crippen LogP contribution in [0.25, 0.3) is 0 Å². The number of nitrogens with zero attached hydrogens (tertiary/aromatic N) is 1. The Kier molecular flexibility index (Phi) is 7.36. The zero-order valence-corrected chi connectivity index (χ0v) is 14.3. The molecule has 0 heterocycles. The fourth-order valence-electron chi connectivity index (χ4n) is 2.00. The van der Waals surface area contributed by atoms with Gasteiger partial charge in [0.2, 0.25) is 0 Å². The highest BCUT2D eigenvalue weighted by molar-refractivity contribution is 7.53. The fourth-order valence-corrected chi connectivity index (χ4v) is 4.10. The molecule has 0 aliphatic heterocycles. The Morgan fingerprint density at radius 2 is 2.05 bits per heavy atom. The van der Waals surface area contributed by atoms with Crippen molar-refractivity contribution < 1.29 is 18.8 Å². The summed E-state index contributed by atoms with van der Waals surface area (Å²) in [5, 5.41) is 0. The van der Waals surface area contributed by atoms with Crippen LogP contribution in [0.4, 0.5) is 4.79 Å². The number of alkyl halides is 1. The van der Waals surface area contributed by atoms with E-state index in [1.165, 1.54) is 0 Å². The normalized spacial score (nSPS) is 16.5. The number of hydrogen-bond acceptors (Lipinski definition) is 3. The number of carbonyl (C=O) groups is 1. The van der Waals surface area contributed by atoms with Crippen LogP contribution in [-0.2, 0) is 9.09 Å². The van der Waals surface area contributed by atoms with E-state index in [0.717, 1.165) is 4.90 Å². The Hall–Kier alpha value is -1.07. The third kappa shape index (κ3) is 4.99. The van der Waals surface area contributed by atoms with Crippen molar-refractivity contribution in [2.24, 2.45) is 5.73 Å². The summed E-state index contributed by atoms with van der Waals surface area (Å²) in [6.45, 7) is 3.58. The van der Waals surface area contributed by atoms with Gasteiger partial charge in [-0.25, -0.2) is 4.79 Å². The van der Waals surface area contributed by atoms with Crippen LogP contribution in [0.3, 0.4) is 0 Å². The molecule has 0 bridgehead atoms. The van der Waals surface area contributed by atoms with Crippen LogP contribution in [0.1, 0.15) is 31.6 Å². The van der Waals surface area contributed by atoms with E-state index in [9.17, 15) is 14.3 Å². The lowest BCUT2D eigenvalue weighted by atomic mass is 10.2. The number of halogens is 1. The second-order valence-corrected chi connectivity index (χ2v) is 7.10. The molecular formula is C14H22ClN2O4P. The molecule has 6 nitrogen and oxygen atoms in total. The van der Waals surface area contributed by atoms with Gasteiger partial charge in [-0.15, -0.1) is 11.6 Å². The van der Waals surface area contributed by atoms with Gasteiger partial charge in [0.25, 0.3) is 0 Å². The fraction of sp³-hybridized carbons (Fsp3) is 0.500. The summed E-state index contributed by atoms with van der Waals surface area (Å²) < 4.78 is 18.0. The van der Waals surface area contributed by atoms with E-state index in [1.807, 2.05) is 6.92 Å². The molecule has 0 radical (unpaired) electrons. The molecule has 0 saturated heterocycles. The number of primary amides is 1. The van der Waals surface area contributed by atoms with Crippen molar-refractivity contribution in [3.63, 3.8) is 0 Å². The van der Waals surface area contributed by atoms with E-state index in [4.69, 9.17) is 21.9 Å². The molecule has 0 spiro atoms. The van der Waals surface area contributed by atoms with Crippen molar-refractivity contribution in [1.29, 1.82) is 0 Å². The third-order valence-electron chi connectivity index (χ3n) is 3.22. The number of benzene rings is 1. The molecule has 1 aromatic rings. The lowest BCUT2D eigenvalue weighted by molar-refractivity contribution is 0.153. The van der Waals surface area contributed by atoms with Crippen LogP contribution in [0.5, 0.6) is 0 Å². The number of rotatable bonds is 8. The Morgan fingerprint density at radius 3 is 2.50 bits per heavy atom. The highest BCUT2D eigenvalue weighted by atomic mass is 35.5. The van der Waals surface area contributed by atoms with Crippen molar-refractivity contribution >= 4 is 25.2 Å². The third-order valence-corrected chi connectivity index (χ3v) is 5.24. The predicted octanol–water partition coefficient (Wildman–Crippen LogP) is 3.31. The molecule has 22 heavy (non-hydrogen) atoms. The van der Waals surface area contributed by atoms with Crippen LogP contribution >= 0.6 is 19.2 Å². The largest absolute Gasteiger partial charge is 0.355 e. The second-order valence-electron chi connectivity index (χ2n) is 4.89. The van der Waals surface area contributed by atoms with Crippen LogP contribution in [0.2, 0.25) is 0 Å². The van der Waals surface area contributed by atoms with E-state index in [-0.39, 0.29) is 12.4 Å². The molecule has 124 valence electrons. The smallest absolute Gasteiger partial charge is 0.351 e. The maximum atomic E-state index is 12.7. The van der Waals surface area contributed by atoms with Gasteiger partial charge in [-0.3, -0.25) is 4.57 Å². The van der Waals surface area contributed by atoms with Crippen LogP contribution in [0.15, 0.2) is 30.3 Å². The van der Waals surface area contributed by atoms with Gasteiger partial charge < -0.3 is 20.1 Å². The summed E-state index contributed by atoms with van der Waals surface area (Å²) in [4.78, 5) is 23.2. The van der Waals surface area contributed by atoms with Crippen LogP contribution in [-0.4, -0.2) is 34.4 Å². The van der Waals surface area contributed by atoms with E-state index in [0.29, 0.717) is 12.0 Å². The Morgan fingerprint density at radius 1 is 1.45 bits per heavy atom. The molecule has 1 rings (SSSR count). The molecule has 8 heteroatoms. The Bertz CT molecular complexity index is 529. The number of urea groups is 1. The van der Waals surface area contributed by atoms with Gasteiger partial charge in [0, 0.05) is 12.4 Å². The summed E-state index contributed by atoms with van der Waals surface area (Å²) in [6, 6.07) is 7.68. The molecule has 3 atom stereocenters. The van der Waals surface area contributed by atoms with E-state index < -0.39 is 25.5 Å². The van der Waals surface area contributed by atoms with Gasteiger partial charge in [-0.2, -0.15) is 0 Å². The minimum absolute atomic E-state index is 0.0465. The summed E-state index contributed by atoms with van der Waals surface area (Å²) in [6.07, 6.45) is 0.144. The second kappa shape index (κ2) is 8.53. The Labute approximate surface area is 135 Å².